The van der Waals surface area contributed by atoms with Crippen LogP contribution in [-0.4, -0.2) is 71.1 Å². The lowest BCUT2D eigenvalue weighted by Gasteiger charge is -2.16. The van der Waals surface area contributed by atoms with Gasteiger partial charge in [0.2, 0.25) is 0 Å². The van der Waals surface area contributed by atoms with E-state index in [-0.39, 0.29) is 5.91 Å². The number of rotatable bonds is 7. The molecule has 39 heavy (non-hydrogen) atoms. The van der Waals surface area contributed by atoms with Crippen LogP contribution in [0.3, 0.4) is 0 Å². The van der Waals surface area contributed by atoms with Crippen molar-refractivity contribution in [2.75, 3.05) is 31.5 Å². The van der Waals surface area contributed by atoms with Crippen molar-refractivity contribution in [1.29, 1.82) is 0 Å². The highest BCUT2D eigenvalue weighted by molar-refractivity contribution is 6.01. The molecule has 2 fully saturated rings. The quantitative estimate of drug-likeness (QED) is 0.336. The molecular weight excluding hydrogens is 492 g/mol. The van der Waals surface area contributed by atoms with Crippen LogP contribution < -0.4 is 10.6 Å². The number of carbonyl (C=O) groups is 1. The summed E-state index contributed by atoms with van der Waals surface area (Å²) < 4.78 is 5.50. The third-order valence-electron chi connectivity index (χ3n) is 8.27. The van der Waals surface area contributed by atoms with Crippen LogP contribution in [0.15, 0.2) is 43.1 Å². The van der Waals surface area contributed by atoms with Gasteiger partial charge in [-0.2, -0.15) is 15.3 Å². The molecule has 1 aliphatic heterocycles. The molecule has 0 atom stereocenters. The Labute approximate surface area is 225 Å². The van der Waals surface area contributed by atoms with Crippen molar-refractivity contribution in [3.63, 3.8) is 0 Å². The highest BCUT2D eigenvalue weighted by Gasteiger charge is 2.47. The van der Waals surface area contributed by atoms with E-state index in [0.29, 0.717) is 23.3 Å². The number of aromatic nitrogens is 7. The number of likely N-dealkylation sites (tertiary alicyclic amines) is 1. The van der Waals surface area contributed by atoms with Gasteiger partial charge in [-0.25, -0.2) is 4.52 Å². The SMILES string of the molecule is Cc1ncc(C(=O)NCCN2CCC3(CC3)C2)cc1Nc1nn(C)c2c1cnn1cc(-c3cnn(C)c3)cc21. The number of hydrogen-bond donors (Lipinski definition) is 2. The number of nitrogens with one attached hydrogen (secondary N) is 2. The lowest BCUT2D eigenvalue weighted by molar-refractivity contribution is 0.0949. The minimum atomic E-state index is -0.115. The standard InChI is InChI=1S/C28H32N10O/c1-18-23(10-19(12-30-18)27(39)29-7-9-37-8-6-28(17-37)4-5-28)33-26-22-14-32-38-16-20(21-13-31-35(2)15-21)11-24(38)25(22)36(3)34-26/h10-16H,4-9,17H2,1-3H3,(H,29,39)(H,33,34). The fourth-order valence-electron chi connectivity index (χ4n) is 5.78. The summed E-state index contributed by atoms with van der Waals surface area (Å²) in [5.74, 6) is 0.549. The number of carbonyl (C=O) groups excluding carboxylic acids is 1. The number of fused-ring (bicyclic) bond motifs is 3. The normalized spacial score (nSPS) is 16.5. The molecule has 11 nitrogen and oxygen atoms in total. The Morgan fingerprint density at radius 1 is 1.05 bits per heavy atom. The Balaban J connectivity index is 1.11. The summed E-state index contributed by atoms with van der Waals surface area (Å²) in [7, 11) is 3.83. The van der Waals surface area contributed by atoms with Crippen LogP contribution in [0.4, 0.5) is 11.5 Å². The van der Waals surface area contributed by atoms with E-state index in [2.05, 4.69) is 36.8 Å². The van der Waals surface area contributed by atoms with Crippen molar-refractivity contribution in [2.24, 2.45) is 19.5 Å². The van der Waals surface area contributed by atoms with Crippen molar-refractivity contribution >= 4 is 33.8 Å². The molecule has 1 aliphatic carbocycles. The molecule has 11 heteroatoms. The van der Waals surface area contributed by atoms with Crippen LogP contribution in [0.2, 0.25) is 0 Å². The van der Waals surface area contributed by atoms with Gasteiger partial charge in [-0.15, -0.1) is 0 Å². The number of pyridine rings is 1. The highest BCUT2D eigenvalue weighted by Crippen LogP contribution is 2.52. The van der Waals surface area contributed by atoms with Gasteiger partial charge in [0.25, 0.3) is 5.91 Å². The van der Waals surface area contributed by atoms with Gasteiger partial charge in [-0.3, -0.25) is 19.1 Å². The molecular formula is C28H32N10O. The molecule has 7 rings (SSSR count). The predicted octanol–water partition coefficient (Wildman–Crippen LogP) is 3.28. The molecule has 6 heterocycles. The summed E-state index contributed by atoms with van der Waals surface area (Å²) in [4.78, 5) is 19.9. The first-order chi connectivity index (χ1) is 18.9. The van der Waals surface area contributed by atoms with E-state index in [1.807, 2.05) is 61.1 Å². The lowest BCUT2D eigenvalue weighted by Crippen LogP contribution is -2.34. The van der Waals surface area contributed by atoms with E-state index in [9.17, 15) is 4.79 Å². The van der Waals surface area contributed by atoms with Crippen molar-refractivity contribution in [1.82, 2.24) is 44.4 Å². The summed E-state index contributed by atoms with van der Waals surface area (Å²) in [6.07, 6.45) is 13.3. The van der Waals surface area contributed by atoms with Crippen molar-refractivity contribution < 1.29 is 4.79 Å². The molecule has 1 saturated heterocycles. The van der Waals surface area contributed by atoms with Gasteiger partial charge >= 0.3 is 0 Å². The van der Waals surface area contributed by atoms with E-state index in [1.165, 1.54) is 25.8 Å². The van der Waals surface area contributed by atoms with Gasteiger partial charge in [-0.1, -0.05) is 0 Å². The number of anilines is 2. The highest BCUT2D eigenvalue weighted by atomic mass is 16.1. The van der Waals surface area contributed by atoms with Gasteiger partial charge in [-0.05, 0) is 50.3 Å². The van der Waals surface area contributed by atoms with Crippen molar-refractivity contribution in [2.45, 2.75) is 26.2 Å². The lowest BCUT2D eigenvalue weighted by atomic mass is 10.1. The minimum absolute atomic E-state index is 0.115. The number of amides is 1. The van der Waals surface area contributed by atoms with Crippen LogP contribution in [0.1, 0.15) is 35.3 Å². The first-order valence-electron chi connectivity index (χ1n) is 13.4. The van der Waals surface area contributed by atoms with E-state index >= 15 is 0 Å². The topological polar surface area (TPSA) is 110 Å². The third kappa shape index (κ3) is 4.32. The van der Waals surface area contributed by atoms with Crippen molar-refractivity contribution in [3.8, 4) is 11.1 Å². The monoisotopic (exact) mass is 524 g/mol. The smallest absolute Gasteiger partial charge is 0.252 e. The van der Waals surface area contributed by atoms with E-state index < -0.39 is 0 Å². The molecule has 2 aliphatic rings. The van der Waals surface area contributed by atoms with Crippen LogP contribution in [0.5, 0.6) is 0 Å². The second-order valence-electron chi connectivity index (χ2n) is 11.1. The fourth-order valence-corrected chi connectivity index (χ4v) is 5.78. The summed E-state index contributed by atoms with van der Waals surface area (Å²) in [6.45, 7) is 5.76. The number of nitrogens with zero attached hydrogens (tertiary/aromatic N) is 8. The maximum Gasteiger partial charge on any atom is 0.252 e. The zero-order chi connectivity index (χ0) is 26.7. The molecule has 5 aromatic rings. The van der Waals surface area contributed by atoms with Crippen LogP contribution in [0, 0.1) is 12.3 Å². The minimum Gasteiger partial charge on any atom is -0.351 e. The first-order valence-corrected chi connectivity index (χ1v) is 13.4. The molecule has 1 amide bonds. The first kappa shape index (κ1) is 23.8. The average molecular weight is 525 g/mol. The van der Waals surface area contributed by atoms with Gasteiger partial charge in [0, 0.05) is 63.4 Å². The predicted molar refractivity (Wildman–Crippen MR) is 149 cm³/mol. The molecule has 2 N–H and O–H groups in total. The zero-order valence-electron chi connectivity index (χ0n) is 22.5. The van der Waals surface area contributed by atoms with Gasteiger partial charge in [0.15, 0.2) is 5.82 Å². The molecule has 1 saturated carbocycles. The second-order valence-corrected chi connectivity index (χ2v) is 11.1. The summed E-state index contributed by atoms with van der Waals surface area (Å²) in [6, 6.07) is 3.94. The van der Waals surface area contributed by atoms with Gasteiger partial charge < -0.3 is 15.5 Å². The maximum atomic E-state index is 12.9. The Bertz CT molecular complexity index is 1720. The van der Waals surface area contributed by atoms with E-state index in [1.54, 1.807) is 10.9 Å². The molecule has 0 bridgehead atoms. The molecule has 200 valence electrons. The largest absolute Gasteiger partial charge is 0.351 e. The molecule has 0 radical (unpaired) electrons. The Hall–Kier alpha value is -4.25. The fraction of sp³-hybridized carbons (Fsp3) is 0.393. The van der Waals surface area contributed by atoms with Crippen molar-refractivity contribution in [3.05, 3.63) is 54.4 Å². The molecule has 0 unspecified atom stereocenters. The second kappa shape index (κ2) is 8.91. The average Bonchev–Trinajstić information content (AvgIpc) is 3.28. The molecule has 5 aromatic heterocycles. The Kier molecular flexibility index (Phi) is 5.44. The molecule has 1 spiro atoms. The Morgan fingerprint density at radius 2 is 1.92 bits per heavy atom. The van der Waals surface area contributed by atoms with Crippen LogP contribution in [-0.2, 0) is 14.1 Å². The maximum absolute atomic E-state index is 12.9. The van der Waals surface area contributed by atoms with Crippen LogP contribution >= 0.6 is 0 Å². The summed E-state index contributed by atoms with van der Waals surface area (Å²) in [5.41, 5.74) is 6.62. The zero-order valence-corrected chi connectivity index (χ0v) is 22.5. The third-order valence-corrected chi connectivity index (χ3v) is 8.27. The van der Waals surface area contributed by atoms with Crippen LogP contribution in [0.25, 0.3) is 27.5 Å². The van der Waals surface area contributed by atoms with Gasteiger partial charge in [0.1, 0.15) is 0 Å². The number of aryl methyl sites for hydroxylation is 3. The van der Waals surface area contributed by atoms with E-state index in [4.69, 9.17) is 5.10 Å². The van der Waals surface area contributed by atoms with E-state index in [0.717, 1.165) is 52.0 Å². The Morgan fingerprint density at radius 3 is 2.69 bits per heavy atom. The summed E-state index contributed by atoms with van der Waals surface area (Å²) in [5, 5.41) is 21.0. The van der Waals surface area contributed by atoms with Gasteiger partial charge in [0.05, 0.1) is 45.8 Å². The molecule has 0 aromatic carbocycles. The number of hydrogen-bond acceptors (Lipinski definition) is 7. The summed E-state index contributed by atoms with van der Waals surface area (Å²) >= 11 is 0.